The third-order valence-electron chi connectivity index (χ3n) is 5.90. The molecule has 1 aliphatic rings. The van der Waals surface area contributed by atoms with Gasteiger partial charge < -0.3 is 19.2 Å². The van der Waals surface area contributed by atoms with Crippen molar-refractivity contribution in [1.82, 2.24) is 19.6 Å². The van der Waals surface area contributed by atoms with E-state index in [2.05, 4.69) is 57.7 Å². The first-order valence-corrected chi connectivity index (χ1v) is 11.5. The number of hydrogen-bond acceptors (Lipinski definition) is 5. The number of ether oxygens (including phenoxy) is 2. The zero-order valence-electron chi connectivity index (χ0n) is 18.8. The average molecular weight is 443 g/mol. The molecule has 33 heavy (non-hydrogen) atoms. The number of hydrogen-bond donors (Lipinski definition) is 1. The van der Waals surface area contributed by atoms with Crippen LogP contribution in [0.5, 0.6) is 5.75 Å². The molecule has 0 radical (unpaired) electrons. The summed E-state index contributed by atoms with van der Waals surface area (Å²) in [5.41, 5.74) is 4.44. The van der Waals surface area contributed by atoms with Crippen LogP contribution >= 0.6 is 0 Å². The predicted molar refractivity (Wildman–Crippen MR) is 129 cm³/mol. The Balaban J connectivity index is 1.05. The summed E-state index contributed by atoms with van der Waals surface area (Å²) in [5, 5.41) is 3.54. The highest BCUT2D eigenvalue weighted by molar-refractivity contribution is 5.39. The smallest absolute Gasteiger partial charge is 0.137 e. The zero-order chi connectivity index (χ0) is 22.3. The van der Waals surface area contributed by atoms with Gasteiger partial charge in [0.05, 0.1) is 18.4 Å². The summed E-state index contributed by atoms with van der Waals surface area (Å²) in [6.07, 6.45) is 4.21. The van der Waals surface area contributed by atoms with E-state index < -0.39 is 0 Å². The van der Waals surface area contributed by atoms with E-state index in [0.29, 0.717) is 6.61 Å². The van der Waals surface area contributed by atoms with Crippen LogP contribution in [0.25, 0.3) is 5.65 Å². The number of nitrogens with zero attached hydrogens (tertiary/aromatic N) is 3. The average Bonchev–Trinajstić information content (AvgIpc) is 3.28. The van der Waals surface area contributed by atoms with Crippen molar-refractivity contribution in [2.75, 3.05) is 26.2 Å². The van der Waals surface area contributed by atoms with Crippen molar-refractivity contribution >= 4 is 5.65 Å². The van der Waals surface area contributed by atoms with Crippen molar-refractivity contribution < 1.29 is 9.47 Å². The molecule has 2 aromatic heterocycles. The lowest BCUT2D eigenvalue weighted by molar-refractivity contribution is -0.0300. The van der Waals surface area contributed by atoms with Gasteiger partial charge in [0.1, 0.15) is 18.0 Å². The number of pyridine rings is 1. The molecule has 170 valence electrons. The fourth-order valence-electron chi connectivity index (χ4n) is 4.18. The van der Waals surface area contributed by atoms with Gasteiger partial charge in [0.2, 0.25) is 0 Å². The van der Waals surface area contributed by atoms with Gasteiger partial charge in [0, 0.05) is 45.1 Å². The van der Waals surface area contributed by atoms with E-state index in [1.165, 1.54) is 11.1 Å². The van der Waals surface area contributed by atoms with Crippen molar-refractivity contribution in [3.8, 4) is 5.75 Å². The van der Waals surface area contributed by atoms with E-state index in [4.69, 9.17) is 9.47 Å². The molecule has 2 aromatic carbocycles. The molecule has 1 aliphatic heterocycles. The standard InChI is InChI=1S/C27H30N4O2/c1-2-6-23(7-3-1)18-30-14-15-32-26(20-30)17-28-16-22-9-11-25(12-10-22)33-21-24-19-31-13-5-4-8-27(31)29-24/h1-13,19,26,28H,14-18,20-21H2/t26-/m0/s1. The molecule has 0 unspecified atom stereocenters. The summed E-state index contributed by atoms with van der Waals surface area (Å²) < 4.78 is 13.9. The largest absolute Gasteiger partial charge is 0.487 e. The molecule has 0 aliphatic carbocycles. The zero-order valence-corrected chi connectivity index (χ0v) is 18.8. The van der Waals surface area contributed by atoms with E-state index in [1.807, 2.05) is 47.1 Å². The van der Waals surface area contributed by atoms with E-state index in [0.717, 1.165) is 56.4 Å². The molecule has 0 bridgehead atoms. The van der Waals surface area contributed by atoms with E-state index >= 15 is 0 Å². The minimum absolute atomic E-state index is 0.218. The summed E-state index contributed by atoms with van der Waals surface area (Å²) in [6, 6.07) is 24.9. The molecular formula is C27H30N4O2. The van der Waals surface area contributed by atoms with Crippen molar-refractivity contribution in [2.45, 2.75) is 25.8 Å². The van der Waals surface area contributed by atoms with Crippen LogP contribution in [0, 0.1) is 0 Å². The summed E-state index contributed by atoms with van der Waals surface area (Å²) in [6.45, 7) is 5.83. The maximum absolute atomic E-state index is 5.97. The van der Waals surface area contributed by atoms with Crippen LogP contribution in [0.1, 0.15) is 16.8 Å². The Morgan fingerprint density at radius 2 is 1.82 bits per heavy atom. The molecule has 6 nitrogen and oxygen atoms in total. The molecule has 1 saturated heterocycles. The molecular weight excluding hydrogens is 412 g/mol. The maximum Gasteiger partial charge on any atom is 0.137 e. The van der Waals surface area contributed by atoms with Gasteiger partial charge in [-0.3, -0.25) is 4.90 Å². The van der Waals surface area contributed by atoms with Crippen LogP contribution in [0.4, 0.5) is 0 Å². The van der Waals surface area contributed by atoms with Gasteiger partial charge in [-0.05, 0) is 35.4 Å². The first-order valence-electron chi connectivity index (χ1n) is 11.5. The summed E-state index contributed by atoms with van der Waals surface area (Å²) in [4.78, 5) is 7.04. The first-order chi connectivity index (χ1) is 16.3. The summed E-state index contributed by atoms with van der Waals surface area (Å²) in [7, 11) is 0. The molecule has 3 heterocycles. The highest BCUT2D eigenvalue weighted by Gasteiger charge is 2.20. The number of morpholine rings is 1. The Morgan fingerprint density at radius 3 is 2.67 bits per heavy atom. The minimum atomic E-state index is 0.218. The SMILES string of the molecule is c1ccc(CN2CCO[C@@H](CNCc3ccc(OCc4cn5ccccc5n4)cc3)C2)cc1. The third kappa shape index (κ3) is 5.99. The second-order valence-electron chi connectivity index (χ2n) is 8.48. The van der Waals surface area contributed by atoms with Gasteiger partial charge in [-0.2, -0.15) is 0 Å². The Bertz CT molecular complexity index is 1110. The Hall–Kier alpha value is -3.19. The Kier molecular flexibility index (Phi) is 6.96. The quantitative estimate of drug-likeness (QED) is 0.426. The number of imidazole rings is 1. The topological polar surface area (TPSA) is 51.0 Å². The normalized spacial score (nSPS) is 16.8. The number of benzene rings is 2. The number of fused-ring (bicyclic) bond motifs is 1. The van der Waals surface area contributed by atoms with Gasteiger partial charge in [0.15, 0.2) is 0 Å². The van der Waals surface area contributed by atoms with Gasteiger partial charge >= 0.3 is 0 Å². The van der Waals surface area contributed by atoms with Crippen molar-refractivity contribution in [3.63, 3.8) is 0 Å². The molecule has 1 atom stereocenters. The van der Waals surface area contributed by atoms with E-state index in [9.17, 15) is 0 Å². The van der Waals surface area contributed by atoms with Crippen molar-refractivity contribution in [2.24, 2.45) is 0 Å². The minimum Gasteiger partial charge on any atom is -0.487 e. The second-order valence-corrected chi connectivity index (χ2v) is 8.48. The van der Waals surface area contributed by atoms with Crippen molar-refractivity contribution in [3.05, 3.63) is 102 Å². The predicted octanol–water partition coefficient (Wildman–Crippen LogP) is 3.90. The van der Waals surface area contributed by atoms with Crippen LogP contribution < -0.4 is 10.1 Å². The molecule has 4 aromatic rings. The summed E-state index contributed by atoms with van der Waals surface area (Å²) in [5.74, 6) is 0.850. The molecule has 0 saturated carbocycles. The van der Waals surface area contributed by atoms with Gasteiger partial charge in [0.25, 0.3) is 0 Å². The number of nitrogens with one attached hydrogen (secondary N) is 1. The van der Waals surface area contributed by atoms with Gasteiger partial charge in [-0.1, -0.05) is 48.5 Å². The molecule has 6 heteroatoms. The maximum atomic E-state index is 5.97. The fraction of sp³-hybridized carbons (Fsp3) is 0.296. The lowest BCUT2D eigenvalue weighted by atomic mass is 10.2. The Morgan fingerprint density at radius 1 is 0.970 bits per heavy atom. The lowest BCUT2D eigenvalue weighted by Crippen LogP contribution is -2.46. The lowest BCUT2D eigenvalue weighted by Gasteiger charge is -2.33. The second kappa shape index (κ2) is 10.6. The highest BCUT2D eigenvalue weighted by atomic mass is 16.5. The molecule has 1 fully saturated rings. The van der Waals surface area contributed by atoms with Crippen molar-refractivity contribution in [1.29, 1.82) is 0 Å². The molecule has 1 N–H and O–H groups in total. The van der Waals surface area contributed by atoms with Crippen LogP contribution in [-0.2, 0) is 24.4 Å². The number of rotatable bonds is 9. The molecule has 0 spiro atoms. The van der Waals surface area contributed by atoms with Gasteiger partial charge in [-0.25, -0.2) is 4.98 Å². The van der Waals surface area contributed by atoms with Crippen LogP contribution in [0.2, 0.25) is 0 Å². The Labute approximate surface area is 194 Å². The highest BCUT2D eigenvalue weighted by Crippen LogP contribution is 2.15. The first kappa shape index (κ1) is 21.6. The summed E-state index contributed by atoms with van der Waals surface area (Å²) >= 11 is 0. The molecule has 0 amide bonds. The third-order valence-corrected chi connectivity index (χ3v) is 5.90. The van der Waals surface area contributed by atoms with Gasteiger partial charge in [-0.15, -0.1) is 0 Å². The van der Waals surface area contributed by atoms with E-state index in [-0.39, 0.29) is 6.10 Å². The van der Waals surface area contributed by atoms with E-state index in [1.54, 1.807) is 0 Å². The van der Waals surface area contributed by atoms with Crippen LogP contribution in [-0.4, -0.2) is 46.6 Å². The monoisotopic (exact) mass is 442 g/mol. The van der Waals surface area contributed by atoms with Crippen LogP contribution in [0.15, 0.2) is 85.2 Å². The molecule has 5 rings (SSSR count). The number of aromatic nitrogens is 2. The fourth-order valence-corrected chi connectivity index (χ4v) is 4.18. The van der Waals surface area contributed by atoms with Crippen LogP contribution in [0.3, 0.4) is 0 Å².